The third kappa shape index (κ3) is 2.88. The maximum atomic E-state index is 12.9. The maximum absolute atomic E-state index is 12.9. The van der Waals surface area contributed by atoms with Crippen LogP contribution < -0.4 is 0 Å². The standard InChI is InChI=1S/C15H8FN3OS/c16-12-5-3-10(4-6-12)8-11(9-17)15-18-14(19-20-15)13-2-1-7-21-13/h1-8H/b11-8+. The summed E-state index contributed by atoms with van der Waals surface area (Å²) in [5, 5.41) is 15.0. The molecule has 102 valence electrons. The molecule has 21 heavy (non-hydrogen) atoms. The second kappa shape index (κ2) is 5.69. The molecule has 2 heterocycles. The Morgan fingerprint density at radius 3 is 2.76 bits per heavy atom. The number of aromatic nitrogens is 2. The van der Waals surface area contributed by atoms with Crippen LogP contribution in [0.15, 0.2) is 46.3 Å². The van der Waals surface area contributed by atoms with E-state index in [-0.39, 0.29) is 17.3 Å². The Labute approximate surface area is 123 Å². The molecular weight excluding hydrogens is 289 g/mol. The van der Waals surface area contributed by atoms with E-state index in [1.807, 2.05) is 23.6 Å². The van der Waals surface area contributed by atoms with E-state index in [0.29, 0.717) is 11.4 Å². The lowest BCUT2D eigenvalue weighted by atomic mass is 10.1. The molecule has 0 unspecified atom stereocenters. The van der Waals surface area contributed by atoms with E-state index in [0.717, 1.165) is 4.88 Å². The Balaban J connectivity index is 1.94. The fourth-order valence-electron chi connectivity index (χ4n) is 1.71. The van der Waals surface area contributed by atoms with E-state index in [4.69, 9.17) is 4.52 Å². The van der Waals surface area contributed by atoms with Crippen LogP contribution in [0.2, 0.25) is 0 Å². The van der Waals surface area contributed by atoms with Gasteiger partial charge in [0.1, 0.15) is 17.5 Å². The first kappa shape index (κ1) is 13.2. The van der Waals surface area contributed by atoms with Crippen molar-refractivity contribution >= 4 is 23.0 Å². The number of allylic oxidation sites excluding steroid dienone is 1. The zero-order valence-electron chi connectivity index (χ0n) is 10.7. The van der Waals surface area contributed by atoms with Gasteiger partial charge in [-0.1, -0.05) is 23.4 Å². The Bertz CT molecular complexity index is 813. The van der Waals surface area contributed by atoms with Crippen LogP contribution in [0.4, 0.5) is 4.39 Å². The minimum absolute atomic E-state index is 0.144. The summed E-state index contributed by atoms with van der Waals surface area (Å²) in [6.07, 6.45) is 1.57. The van der Waals surface area contributed by atoms with Crippen molar-refractivity contribution in [3.63, 3.8) is 0 Å². The van der Waals surface area contributed by atoms with Gasteiger partial charge in [0.2, 0.25) is 5.82 Å². The van der Waals surface area contributed by atoms with Gasteiger partial charge in [-0.3, -0.25) is 0 Å². The summed E-state index contributed by atoms with van der Waals surface area (Å²) in [5.41, 5.74) is 0.917. The molecule has 0 aliphatic carbocycles. The fraction of sp³-hybridized carbons (Fsp3) is 0. The van der Waals surface area contributed by atoms with Crippen LogP contribution >= 0.6 is 11.3 Å². The molecule has 0 spiro atoms. The van der Waals surface area contributed by atoms with E-state index in [1.165, 1.54) is 23.5 Å². The largest absolute Gasteiger partial charge is 0.333 e. The average molecular weight is 297 g/mol. The lowest BCUT2D eigenvalue weighted by Crippen LogP contribution is -1.83. The molecule has 3 aromatic rings. The predicted octanol–water partition coefficient (Wildman–Crippen LogP) is 4.00. The van der Waals surface area contributed by atoms with E-state index in [2.05, 4.69) is 10.1 Å². The van der Waals surface area contributed by atoms with Crippen LogP contribution in [-0.2, 0) is 0 Å². The van der Waals surface area contributed by atoms with E-state index in [1.54, 1.807) is 18.2 Å². The number of nitriles is 1. The van der Waals surface area contributed by atoms with E-state index >= 15 is 0 Å². The van der Waals surface area contributed by atoms with Gasteiger partial charge in [0.15, 0.2) is 0 Å². The second-order valence-corrected chi connectivity index (χ2v) is 5.07. The first-order chi connectivity index (χ1) is 10.3. The molecule has 0 saturated carbocycles. The van der Waals surface area contributed by atoms with Crippen molar-refractivity contribution in [1.82, 2.24) is 10.1 Å². The summed E-state index contributed by atoms with van der Waals surface area (Å²) in [7, 11) is 0. The topological polar surface area (TPSA) is 62.7 Å². The molecule has 0 bridgehead atoms. The SMILES string of the molecule is N#C/C(=C\c1ccc(F)cc1)c1nc(-c2cccs2)no1. The number of benzene rings is 1. The van der Waals surface area contributed by atoms with Gasteiger partial charge in [0, 0.05) is 0 Å². The number of hydrogen-bond donors (Lipinski definition) is 0. The highest BCUT2D eigenvalue weighted by Crippen LogP contribution is 2.24. The van der Waals surface area contributed by atoms with Crippen molar-refractivity contribution in [2.75, 3.05) is 0 Å². The highest BCUT2D eigenvalue weighted by atomic mass is 32.1. The van der Waals surface area contributed by atoms with Gasteiger partial charge in [0.25, 0.3) is 5.89 Å². The molecule has 0 fully saturated rings. The molecule has 0 radical (unpaired) electrons. The molecule has 0 saturated heterocycles. The second-order valence-electron chi connectivity index (χ2n) is 4.12. The van der Waals surface area contributed by atoms with Crippen molar-refractivity contribution in [2.24, 2.45) is 0 Å². The van der Waals surface area contributed by atoms with Crippen LogP contribution in [-0.4, -0.2) is 10.1 Å². The highest BCUT2D eigenvalue weighted by Gasteiger charge is 2.13. The van der Waals surface area contributed by atoms with Crippen LogP contribution in [0, 0.1) is 17.1 Å². The van der Waals surface area contributed by atoms with Crippen molar-refractivity contribution in [3.05, 3.63) is 59.0 Å². The van der Waals surface area contributed by atoms with Gasteiger partial charge in [-0.05, 0) is 35.2 Å². The quantitative estimate of drug-likeness (QED) is 0.685. The number of halogens is 1. The lowest BCUT2D eigenvalue weighted by molar-refractivity contribution is 0.409. The molecule has 0 aliphatic heterocycles. The number of nitrogens with zero attached hydrogens (tertiary/aromatic N) is 3. The zero-order chi connectivity index (χ0) is 14.7. The normalized spacial score (nSPS) is 11.3. The summed E-state index contributed by atoms with van der Waals surface area (Å²) in [5.74, 6) is 0.258. The minimum Gasteiger partial charge on any atom is -0.333 e. The molecule has 0 aliphatic rings. The maximum Gasteiger partial charge on any atom is 0.268 e. The van der Waals surface area contributed by atoms with Crippen molar-refractivity contribution in [3.8, 4) is 16.8 Å². The van der Waals surface area contributed by atoms with Gasteiger partial charge in [0.05, 0.1) is 4.88 Å². The predicted molar refractivity (Wildman–Crippen MR) is 77.5 cm³/mol. The Morgan fingerprint density at radius 2 is 2.10 bits per heavy atom. The van der Waals surface area contributed by atoms with E-state index in [9.17, 15) is 9.65 Å². The molecule has 1 aromatic carbocycles. The van der Waals surface area contributed by atoms with Crippen molar-refractivity contribution in [2.45, 2.75) is 0 Å². The number of thiophene rings is 1. The van der Waals surface area contributed by atoms with Crippen LogP contribution in [0.1, 0.15) is 11.5 Å². The lowest BCUT2D eigenvalue weighted by Gasteiger charge is -1.94. The van der Waals surface area contributed by atoms with Gasteiger partial charge < -0.3 is 4.52 Å². The average Bonchev–Trinajstić information content (AvgIpc) is 3.17. The Morgan fingerprint density at radius 1 is 1.29 bits per heavy atom. The summed E-state index contributed by atoms with van der Waals surface area (Å²) in [4.78, 5) is 5.07. The minimum atomic E-state index is -0.330. The molecule has 0 atom stereocenters. The van der Waals surface area contributed by atoms with Crippen LogP contribution in [0.3, 0.4) is 0 Å². The fourth-order valence-corrected chi connectivity index (χ4v) is 2.36. The molecule has 3 rings (SSSR count). The van der Waals surface area contributed by atoms with Gasteiger partial charge in [-0.2, -0.15) is 10.2 Å². The Hall–Kier alpha value is -2.78. The first-order valence-corrected chi connectivity index (χ1v) is 6.89. The Kier molecular flexibility index (Phi) is 3.58. The molecule has 2 aromatic heterocycles. The van der Waals surface area contributed by atoms with Gasteiger partial charge in [-0.15, -0.1) is 11.3 Å². The van der Waals surface area contributed by atoms with Crippen LogP contribution in [0.5, 0.6) is 0 Å². The van der Waals surface area contributed by atoms with Crippen molar-refractivity contribution < 1.29 is 8.91 Å². The van der Waals surface area contributed by atoms with Crippen LogP contribution in [0.25, 0.3) is 22.4 Å². The van der Waals surface area contributed by atoms with Gasteiger partial charge in [-0.25, -0.2) is 4.39 Å². The molecule has 6 heteroatoms. The summed E-state index contributed by atoms with van der Waals surface area (Å²) >= 11 is 1.49. The molecule has 4 nitrogen and oxygen atoms in total. The monoisotopic (exact) mass is 297 g/mol. The highest BCUT2D eigenvalue weighted by molar-refractivity contribution is 7.13. The number of hydrogen-bond acceptors (Lipinski definition) is 5. The van der Waals surface area contributed by atoms with E-state index < -0.39 is 0 Å². The third-order valence-electron chi connectivity index (χ3n) is 2.70. The third-order valence-corrected chi connectivity index (χ3v) is 3.57. The summed E-state index contributed by atoms with van der Waals surface area (Å²) < 4.78 is 18.0. The molecule has 0 amide bonds. The number of rotatable bonds is 3. The summed E-state index contributed by atoms with van der Waals surface area (Å²) in [6, 6.07) is 11.6. The molecular formula is C15H8FN3OS. The molecule has 0 N–H and O–H groups in total. The summed E-state index contributed by atoms with van der Waals surface area (Å²) in [6.45, 7) is 0. The van der Waals surface area contributed by atoms with Gasteiger partial charge >= 0.3 is 0 Å². The zero-order valence-corrected chi connectivity index (χ0v) is 11.5. The first-order valence-electron chi connectivity index (χ1n) is 6.01. The van der Waals surface area contributed by atoms with Crippen molar-refractivity contribution in [1.29, 1.82) is 5.26 Å². The smallest absolute Gasteiger partial charge is 0.268 e.